The van der Waals surface area contributed by atoms with Crippen LogP contribution in [0.5, 0.6) is 0 Å². The van der Waals surface area contributed by atoms with Gasteiger partial charge in [-0.15, -0.1) is 11.3 Å². The summed E-state index contributed by atoms with van der Waals surface area (Å²) < 4.78 is 0. The van der Waals surface area contributed by atoms with Crippen LogP contribution in [0.25, 0.3) is 0 Å². The molecule has 1 aromatic heterocycles. The second-order valence-corrected chi connectivity index (χ2v) is 6.91. The van der Waals surface area contributed by atoms with Crippen molar-refractivity contribution >= 4 is 22.9 Å². The van der Waals surface area contributed by atoms with E-state index in [1.54, 1.807) is 11.3 Å². The Morgan fingerprint density at radius 3 is 2.70 bits per heavy atom. The lowest BCUT2D eigenvalue weighted by atomic mass is 9.87. The number of amides is 1. The van der Waals surface area contributed by atoms with E-state index >= 15 is 0 Å². The summed E-state index contributed by atoms with van der Waals surface area (Å²) in [6.45, 7) is 6.74. The summed E-state index contributed by atoms with van der Waals surface area (Å²) in [5, 5.41) is 9.60. The first-order valence-electron chi connectivity index (χ1n) is 7.82. The third-order valence-corrected chi connectivity index (χ3v) is 4.91. The van der Waals surface area contributed by atoms with Crippen LogP contribution < -0.4 is 10.6 Å². The second-order valence-electron chi connectivity index (χ2n) is 5.97. The van der Waals surface area contributed by atoms with Crippen molar-refractivity contribution in [1.82, 2.24) is 10.3 Å². The lowest BCUT2D eigenvalue weighted by molar-refractivity contribution is 0.0929. The largest absolute Gasteiger partial charge is 0.385 e. The smallest absolute Gasteiger partial charge is 0.251 e. The van der Waals surface area contributed by atoms with Crippen molar-refractivity contribution in [2.75, 3.05) is 11.9 Å². The highest BCUT2D eigenvalue weighted by atomic mass is 32.1. The minimum Gasteiger partial charge on any atom is -0.385 e. The highest BCUT2D eigenvalue weighted by molar-refractivity contribution is 7.09. The molecule has 1 aliphatic rings. The summed E-state index contributed by atoms with van der Waals surface area (Å²) in [5.74, 6) is -0.00712. The first-order chi connectivity index (χ1) is 11.1. The van der Waals surface area contributed by atoms with Crippen LogP contribution >= 0.6 is 11.3 Å². The predicted molar refractivity (Wildman–Crippen MR) is 95.1 cm³/mol. The number of anilines is 1. The van der Waals surface area contributed by atoms with Crippen LogP contribution in [0, 0.1) is 6.92 Å². The first kappa shape index (κ1) is 15.7. The molecule has 4 nitrogen and oxygen atoms in total. The molecule has 23 heavy (non-hydrogen) atoms. The molecule has 2 aromatic rings. The predicted octanol–water partition coefficient (Wildman–Crippen LogP) is 3.55. The molecule has 0 bridgehead atoms. The van der Waals surface area contributed by atoms with Crippen LogP contribution in [0.1, 0.15) is 33.9 Å². The van der Waals surface area contributed by atoms with E-state index < -0.39 is 0 Å². The van der Waals surface area contributed by atoms with E-state index in [9.17, 15) is 4.79 Å². The fourth-order valence-corrected chi connectivity index (χ4v) is 3.35. The number of hydrogen-bond acceptors (Lipinski definition) is 4. The number of carbonyl (C=O) groups is 1. The summed E-state index contributed by atoms with van der Waals surface area (Å²) in [7, 11) is 0. The molecule has 1 heterocycles. The van der Waals surface area contributed by atoms with Crippen molar-refractivity contribution < 1.29 is 4.79 Å². The van der Waals surface area contributed by atoms with E-state index in [1.807, 2.05) is 31.2 Å². The number of aryl methyl sites for hydroxylation is 1. The quantitative estimate of drug-likeness (QED) is 0.798. The van der Waals surface area contributed by atoms with Crippen LogP contribution in [0.4, 0.5) is 5.69 Å². The van der Waals surface area contributed by atoms with Gasteiger partial charge in [-0.2, -0.15) is 0 Å². The highest BCUT2D eigenvalue weighted by Crippen LogP contribution is 2.24. The Labute approximate surface area is 140 Å². The minimum atomic E-state index is -0.00712. The Bertz CT molecular complexity index is 697. The fraction of sp³-hybridized carbons (Fsp3) is 0.333. The molecule has 0 radical (unpaired) electrons. The lowest BCUT2D eigenvalue weighted by Crippen LogP contribution is -2.40. The maximum absolute atomic E-state index is 12.1. The minimum absolute atomic E-state index is 0.00712. The summed E-state index contributed by atoms with van der Waals surface area (Å²) in [6, 6.07) is 7.87. The first-order valence-corrected chi connectivity index (χ1v) is 8.70. The van der Waals surface area contributed by atoms with Gasteiger partial charge in [-0.1, -0.05) is 12.2 Å². The molecule has 1 saturated carbocycles. The van der Waals surface area contributed by atoms with Crippen LogP contribution in [0.2, 0.25) is 0 Å². The van der Waals surface area contributed by atoms with Gasteiger partial charge in [-0.05, 0) is 44.0 Å². The zero-order chi connectivity index (χ0) is 16.2. The van der Waals surface area contributed by atoms with Gasteiger partial charge in [0.2, 0.25) is 0 Å². The number of benzene rings is 1. The van der Waals surface area contributed by atoms with E-state index in [4.69, 9.17) is 0 Å². The van der Waals surface area contributed by atoms with Gasteiger partial charge in [0.1, 0.15) is 0 Å². The molecule has 0 atom stereocenters. The van der Waals surface area contributed by atoms with Crippen molar-refractivity contribution in [2.45, 2.75) is 32.2 Å². The third kappa shape index (κ3) is 4.20. The number of aromatic nitrogens is 1. The monoisotopic (exact) mass is 327 g/mol. The molecule has 1 fully saturated rings. The number of rotatable bonds is 6. The van der Waals surface area contributed by atoms with Gasteiger partial charge in [-0.25, -0.2) is 4.98 Å². The Morgan fingerprint density at radius 2 is 2.09 bits per heavy atom. The van der Waals surface area contributed by atoms with Gasteiger partial charge >= 0.3 is 0 Å². The molecule has 3 rings (SSSR count). The molecule has 0 aliphatic heterocycles. The molecule has 120 valence electrons. The zero-order valence-electron chi connectivity index (χ0n) is 13.3. The molecular weight excluding hydrogens is 306 g/mol. The molecule has 2 N–H and O–H groups in total. The number of carbonyl (C=O) groups excluding carboxylic acids is 1. The highest BCUT2D eigenvalue weighted by Gasteiger charge is 2.23. The van der Waals surface area contributed by atoms with Crippen molar-refractivity contribution in [3.05, 3.63) is 58.1 Å². The summed E-state index contributed by atoms with van der Waals surface area (Å²) >= 11 is 1.69. The van der Waals surface area contributed by atoms with Gasteiger partial charge < -0.3 is 10.6 Å². The van der Waals surface area contributed by atoms with E-state index in [1.165, 1.54) is 5.57 Å². The second kappa shape index (κ2) is 6.96. The van der Waals surface area contributed by atoms with Crippen molar-refractivity contribution in [3.63, 3.8) is 0 Å². The fourth-order valence-electron chi connectivity index (χ4n) is 2.58. The van der Waals surface area contributed by atoms with E-state index in [2.05, 4.69) is 27.6 Å². The third-order valence-electron chi connectivity index (χ3n) is 3.89. The lowest BCUT2D eigenvalue weighted by Gasteiger charge is -2.29. The molecule has 1 aromatic carbocycles. The van der Waals surface area contributed by atoms with Crippen LogP contribution in [0.3, 0.4) is 0 Å². The number of hydrogen-bond donors (Lipinski definition) is 2. The van der Waals surface area contributed by atoms with Gasteiger partial charge in [0, 0.05) is 41.3 Å². The van der Waals surface area contributed by atoms with Gasteiger partial charge in [0.25, 0.3) is 5.91 Å². The number of thiazole rings is 1. The molecule has 1 aliphatic carbocycles. The maximum Gasteiger partial charge on any atom is 0.251 e. The molecule has 1 amide bonds. The Morgan fingerprint density at radius 1 is 1.35 bits per heavy atom. The average molecular weight is 327 g/mol. The van der Waals surface area contributed by atoms with E-state index in [0.29, 0.717) is 5.56 Å². The van der Waals surface area contributed by atoms with Crippen molar-refractivity contribution in [1.29, 1.82) is 0 Å². The topological polar surface area (TPSA) is 54.0 Å². The SMILES string of the molecule is C=C1CC(NC(=O)c2ccc(NCCc3nc(C)cs3)cc2)C1. The summed E-state index contributed by atoms with van der Waals surface area (Å²) in [5.41, 5.74) is 4.01. The molecule has 0 spiro atoms. The molecule has 0 saturated heterocycles. The van der Waals surface area contributed by atoms with Crippen LogP contribution in [-0.2, 0) is 6.42 Å². The molecular formula is C18H21N3OS. The van der Waals surface area contributed by atoms with Gasteiger partial charge in [0.15, 0.2) is 0 Å². The van der Waals surface area contributed by atoms with Gasteiger partial charge in [-0.3, -0.25) is 4.79 Å². The normalized spacial score (nSPS) is 14.4. The standard InChI is InChI=1S/C18H21N3OS/c1-12-9-16(10-12)21-18(22)14-3-5-15(6-4-14)19-8-7-17-20-13(2)11-23-17/h3-6,11,16,19H,1,7-10H2,2H3,(H,21,22). The zero-order valence-corrected chi connectivity index (χ0v) is 14.1. The maximum atomic E-state index is 12.1. The van der Waals surface area contributed by atoms with Crippen molar-refractivity contribution in [2.24, 2.45) is 0 Å². The van der Waals surface area contributed by atoms with E-state index in [-0.39, 0.29) is 11.9 Å². The summed E-state index contributed by atoms with van der Waals surface area (Å²) in [6.07, 6.45) is 2.72. The average Bonchev–Trinajstić information content (AvgIpc) is 2.92. The molecule has 5 heteroatoms. The Kier molecular flexibility index (Phi) is 4.76. The Hall–Kier alpha value is -2.14. The number of nitrogens with one attached hydrogen (secondary N) is 2. The number of nitrogens with zero attached hydrogens (tertiary/aromatic N) is 1. The molecule has 0 unspecified atom stereocenters. The van der Waals surface area contributed by atoms with Crippen LogP contribution in [0.15, 0.2) is 41.8 Å². The van der Waals surface area contributed by atoms with Gasteiger partial charge in [0.05, 0.1) is 5.01 Å². The van der Waals surface area contributed by atoms with Crippen molar-refractivity contribution in [3.8, 4) is 0 Å². The Balaban J connectivity index is 1.46. The summed E-state index contributed by atoms with van der Waals surface area (Å²) in [4.78, 5) is 16.5. The van der Waals surface area contributed by atoms with E-state index in [0.717, 1.165) is 42.2 Å². The van der Waals surface area contributed by atoms with Crippen LogP contribution in [-0.4, -0.2) is 23.5 Å².